The van der Waals surface area contributed by atoms with Crippen LogP contribution < -0.4 is 0 Å². The maximum atomic E-state index is 11.0. The van der Waals surface area contributed by atoms with Crippen molar-refractivity contribution in [2.45, 2.75) is 39.0 Å². The topological polar surface area (TPSA) is 37.3 Å². The quantitative estimate of drug-likeness (QED) is 0.679. The smallest absolute Gasteiger partial charge is 0.307 e. The van der Waals surface area contributed by atoms with Crippen LogP contribution in [0.5, 0.6) is 0 Å². The van der Waals surface area contributed by atoms with Crippen LogP contribution in [0.2, 0.25) is 0 Å². The lowest BCUT2D eigenvalue weighted by molar-refractivity contribution is -0.143. The van der Waals surface area contributed by atoms with Gasteiger partial charge in [0.1, 0.15) is 0 Å². The van der Waals surface area contributed by atoms with Gasteiger partial charge >= 0.3 is 5.97 Å². The van der Waals surface area contributed by atoms with E-state index in [-0.39, 0.29) is 5.92 Å². The number of hydrogen-bond donors (Lipinski definition) is 1. The fourth-order valence-electron chi connectivity index (χ4n) is 2.19. The number of hydrogen-bond acceptors (Lipinski definition) is 1. The van der Waals surface area contributed by atoms with Crippen molar-refractivity contribution >= 4 is 5.97 Å². The summed E-state index contributed by atoms with van der Waals surface area (Å²) in [7, 11) is 0. The summed E-state index contributed by atoms with van der Waals surface area (Å²) in [4.78, 5) is 11.0. The summed E-state index contributed by atoms with van der Waals surface area (Å²) in [5.74, 6) is -0.427. The number of carboxylic acids is 1. The molecule has 0 spiro atoms. The molecule has 1 unspecified atom stereocenters. The maximum Gasteiger partial charge on any atom is 0.307 e. The van der Waals surface area contributed by atoms with Crippen LogP contribution in [0.3, 0.4) is 0 Å². The first-order valence-corrected chi connectivity index (χ1v) is 4.98. The maximum absolute atomic E-state index is 11.0. The van der Waals surface area contributed by atoms with Gasteiger partial charge in [0.05, 0.1) is 5.92 Å². The molecule has 1 rings (SSSR count). The van der Waals surface area contributed by atoms with Crippen molar-refractivity contribution < 1.29 is 9.90 Å². The molecule has 0 aromatic rings. The van der Waals surface area contributed by atoms with Crippen LogP contribution in [0, 0.1) is 11.8 Å². The van der Waals surface area contributed by atoms with Gasteiger partial charge in [-0.2, -0.15) is 0 Å². The third-order valence-corrected chi connectivity index (χ3v) is 2.85. The van der Waals surface area contributed by atoms with Crippen molar-refractivity contribution in [3.63, 3.8) is 0 Å². The Morgan fingerprint density at radius 2 is 2.08 bits per heavy atom. The minimum atomic E-state index is -0.644. The molecule has 1 fully saturated rings. The fraction of sp³-hybridized carbons (Fsp3) is 0.727. The second kappa shape index (κ2) is 4.45. The van der Waals surface area contributed by atoms with Crippen molar-refractivity contribution in [2.24, 2.45) is 11.8 Å². The molecule has 0 bridgehead atoms. The first-order chi connectivity index (χ1) is 6.11. The van der Waals surface area contributed by atoms with E-state index in [9.17, 15) is 4.79 Å². The van der Waals surface area contributed by atoms with Crippen LogP contribution in [0.4, 0.5) is 0 Å². The first kappa shape index (κ1) is 10.3. The number of aliphatic carboxylic acids is 1. The van der Waals surface area contributed by atoms with E-state index < -0.39 is 5.97 Å². The van der Waals surface area contributed by atoms with Gasteiger partial charge in [0.15, 0.2) is 0 Å². The minimum Gasteiger partial charge on any atom is -0.481 e. The molecule has 0 heterocycles. The monoisotopic (exact) mass is 182 g/mol. The number of carboxylic acid groups (broad SMARTS) is 1. The Balaban J connectivity index is 2.55. The minimum absolute atomic E-state index is 0.181. The highest BCUT2D eigenvalue weighted by Crippen LogP contribution is 2.34. The van der Waals surface area contributed by atoms with Crippen LogP contribution in [-0.4, -0.2) is 11.1 Å². The fourth-order valence-corrected chi connectivity index (χ4v) is 2.19. The second-order valence-electron chi connectivity index (χ2n) is 4.15. The van der Waals surface area contributed by atoms with Gasteiger partial charge in [0, 0.05) is 0 Å². The molecular formula is C11H18O2. The Morgan fingerprint density at radius 1 is 1.54 bits per heavy atom. The summed E-state index contributed by atoms with van der Waals surface area (Å²) in [5, 5.41) is 9.04. The second-order valence-corrected chi connectivity index (χ2v) is 4.15. The molecule has 0 amide bonds. The Hall–Kier alpha value is -0.790. The molecule has 2 heteroatoms. The zero-order chi connectivity index (χ0) is 9.84. The van der Waals surface area contributed by atoms with Gasteiger partial charge in [0.2, 0.25) is 0 Å². The Morgan fingerprint density at radius 3 is 2.46 bits per heavy atom. The predicted octanol–water partition coefficient (Wildman–Crippen LogP) is 2.84. The van der Waals surface area contributed by atoms with Crippen LogP contribution in [0.1, 0.15) is 39.0 Å². The summed E-state index contributed by atoms with van der Waals surface area (Å²) in [5.41, 5.74) is 0.985. The van der Waals surface area contributed by atoms with Gasteiger partial charge in [-0.3, -0.25) is 4.79 Å². The van der Waals surface area contributed by atoms with E-state index in [4.69, 9.17) is 5.11 Å². The van der Waals surface area contributed by atoms with Crippen molar-refractivity contribution in [3.8, 4) is 0 Å². The van der Waals surface area contributed by atoms with E-state index in [0.717, 1.165) is 18.4 Å². The zero-order valence-corrected chi connectivity index (χ0v) is 8.25. The van der Waals surface area contributed by atoms with Crippen molar-refractivity contribution in [2.75, 3.05) is 0 Å². The molecule has 0 aromatic carbocycles. The highest BCUT2D eigenvalue weighted by atomic mass is 16.4. The summed E-state index contributed by atoms with van der Waals surface area (Å²) >= 11 is 0. The Labute approximate surface area is 79.6 Å². The molecule has 74 valence electrons. The van der Waals surface area contributed by atoms with Crippen molar-refractivity contribution in [3.05, 3.63) is 12.2 Å². The molecule has 0 saturated heterocycles. The molecule has 1 aliphatic rings. The van der Waals surface area contributed by atoms with E-state index in [1.54, 1.807) is 0 Å². The van der Waals surface area contributed by atoms with E-state index in [0.29, 0.717) is 12.3 Å². The van der Waals surface area contributed by atoms with Crippen molar-refractivity contribution in [1.82, 2.24) is 0 Å². The van der Waals surface area contributed by atoms with Crippen LogP contribution >= 0.6 is 0 Å². The average Bonchev–Trinajstić information content (AvgIpc) is 2.50. The summed E-state index contributed by atoms with van der Waals surface area (Å²) in [6.45, 7) is 5.69. The Bertz CT molecular complexity index is 202. The standard InChI is InChI=1S/C11H18O2/c1-8(2)7-10(11(12)13)9-5-3-4-6-9/h9-10H,1,3-7H2,2H3,(H,12,13). The van der Waals surface area contributed by atoms with Crippen LogP contribution in [0.15, 0.2) is 12.2 Å². The molecule has 0 radical (unpaired) electrons. The van der Waals surface area contributed by atoms with Gasteiger partial charge in [-0.05, 0) is 32.1 Å². The van der Waals surface area contributed by atoms with Gasteiger partial charge in [0.25, 0.3) is 0 Å². The molecular weight excluding hydrogens is 164 g/mol. The van der Waals surface area contributed by atoms with E-state index in [1.807, 2.05) is 6.92 Å². The lowest BCUT2D eigenvalue weighted by Gasteiger charge is -2.18. The molecule has 0 aromatic heterocycles. The third kappa shape index (κ3) is 2.87. The van der Waals surface area contributed by atoms with Gasteiger partial charge in [-0.25, -0.2) is 0 Å². The largest absolute Gasteiger partial charge is 0.481 e. The predicted molar refractivity (Wildman–Crippen MR) is 52.5 cm³/mol. The number of allylic oxidation sites excluding steroid dienone is 1. The summed E-state index contributed by atoms with van der Waals surface area (Å²) < 4.78 is 0. The highest BCUT2D eigenvalue weighted by Gasteiger charge is 2.29. The molecule has 1 aliphatic carbocycles. The SMILES string of the molecule is C=C(C)CC(C(=O)O)C1CCCC1. The number of rotatable bonds is 4. The van der Waals surface area contributed by atoms with Gasteiger partial charge < -0.3 is 5.11 Å². The van der Waals surface area contributed by atoms with E-state index in [2.05, 4.69) is 6.58 Å². The molecule has 1 N–H and O–H groups in total. The summed E-state index contributed by atoms with van der Waals surface area (Å²) in [6, 6.07) is 0. The van der Waals surface area contributed by atoms with Crippen LogP contribution in [0.25, 0.3) is 0 Å². The zero-order valence-electron chi connectivity index (χ0n) is 8.25. The average molecular weight is 182 g/mol. The highest BCUT2D eigenvalue weighted by molar-refractivity contribution is 5.70. The Kier molecular flexibility index (Phi) is 3.52. The molecule has 13 heavy (non-hydrogen) atoms. The third-order valence-electron chi connectivity index (χ3n) is 2.85. The van der Waals surface area contributed by atoms with E-state index >= 15 is 0 Å². The molecule has 2 nitrogen and oxygen atoms in total. The lowest BCUT2D eigenvalue weighted by Crippen LogP contribution is -2.21. The molecule has 1 atom stereocenters. The van der Waals surface area contributed by atoms with E-state index in [1.165, 1.54) is 12.8 Å². The van der Waals surface area contributed by atoms with Gasteiger partial charge in [-0.15, -0.1) is 6.58 Å². The summed E-state index contributed by atoms with van der Waals surface area (Å²) in [6.07, 6.45) is 5.23. The molecule has 1 saturated carbocycles. The van der Waals surface area contributed by atoms with Gasteiger partial charge in [-0.1, -0.05) is 18.4 Å². The molecule has 0 aliphatic heterocycles. The lowest BCUT2D eigenvalue weighted by atomic mass is 9.86. The first-order valence-electron chi connectivity index (χ1n) is 4.98. The normalized spacial score (nSPS) is 20.1. The van der Waals surface area contributed by atoms with Crippen molar-refractivity contribution in [1.29, 1.82) is 0 Å². The number of carbonyl (C=O) groups is 1. The van der Waals surface area contributed by atoms with Crippen LogP contribution in [-0.2, 0) is 4.79 Å².